The van der Waals surface area contributed by atoms with Gasteiger partial charge in [0.05, 0.1) is 42.7 Å². The quantitative estimate of drug-likeness (QED) is 0.278. The largest absolute Gasteiger partial charge is 0.370 e. The van der Waals surface area contributed by atoms with Crippen LogP contribution in [0.1, 0.15) is 81.6 Å². The fourth-order valence-corrected chi connectivity index (χ4v) is 7.77. The van der Waals surface area contributed by atoms with Crippen LogP contribution in [0.5, 0.6) is 0 Å². The molecule has 0 aromatic heterocycles. The van der Waals surface area contributed by atoms with Gasteiger partial charge < -0.3 is 23.7 Å². The molecule has 0 aliphatic carbocycles. The first-order valence-electron chi connectivity index (χ1n) is 14.6. The predicted octanol–water partition coefficient (Wildman–Crippen LogP) is 7.39. The Morgan fingerprint density at radius 2 is 1.05 bits per heavy atom. The lowest BCUT2D eigenvalue weighted by Crippen LogP contribution is -2.59. The number of hydrogen-bond acceptors (Lipinski definition) is 9. The first-order valence-corrected chi connectivity index (χ1v) is 16.5. The molecule has 3 heterocycles. The van der Waals surface area contributed by atoms with Gasteiger partial charge in [0.1, 0.15) is 6.04 Å². The topological polar surface area (TPSA) is 119 Å². The highest BCUT2D eigenvalue weighted by atomic mass is 31.0. The molecule has 3 saturated heterocycles. The van der Waals surface area contributed by atoms with E-state index >= 15 is 0 Å². The van der Waals surface area contributed by atoms with Gasteiger partial charge in [0.15, 0.2) is 12.6 Å². The highest BCUT2D eigenvalue weighted by Gasteiger charge is 2.50. The Bertz CT molecular complexity index is 870. The van der Waals surface area contributed by atoms with E-state index in [4.69, 9.17) is 34.0 Å². The molecule has 11 heteroatoms. The Labute approximate surface area is 232 Å². The van der Waals surface area contributed by atoms with Crippen molar-refractivity contribution < 1.29 is 23.7 Å². The summed E-state index contributed by atoms with van der Waals surface area (Å²) < 4.78 is 42.2. The van der Waals surface area contributed by atoms with E-state index in [9.17, 15) is 0 Å². The molecule has 0 spiro atoms. The van der Waals surface area contributed by atoms with E-state index in [-0.39, 0.29) is 89.1 Å². The molecule has 0 aromatic rings. The van der Waals surface area contributed by atoms with E-state index in [1.807, 2.05) is 6.92 Å². The zero-order chi connectivity index (χ0) is 28.1. The van der Waals surface area contributed by atoms with Gasteiger partial charge in [0, 0.05) is 34.1 Å². The van der Waals surface area contributed by atoms with E-state index in [0.717, 1.165) is 19.3 Å². The molecule has 9 unspecified atom stereocenters. The number of nitrogens with one attached hydrogen (secondary N) is 2. The van der Waals surface area contributed by atoms with Crippen LogP contribution in [0, 0.1) is 39.9 Å². The number of rotatable bonds is 9. The summed E-state index contributed by atoms with van der Waals surface area (Å²) in [6.45, 7) is 19.5. The van der Waals surface area contributed by atoms with Crippen LogP contribution in [0.25, 0.3) is 0 Å². The van der Waals surface area contributed by atoms with Crippen molar-refractivity contribution in [3.63, 3.8) is 0 Å². The van der Waals surface area contributed by atoms with Gasteiger partial charge in [-0.2, -0.15) is 0 Å². The molecule has 3 aliphatic rings. The molecular formula is C27H52N4O5P2. The van der Waals surface area contributed by atoms with Crippen LogP contribution in [0.15, 0.2) is 9.49 Å². The first kappa shape index (κ1) is 32.1. The molecule has 0 bridgehead atoms. The molecule has 3 rings (SSSR count). The maximum Gasteiger partial charge on any atom is 0.181 e. The van der Waals surface area contributed by atoms with Gasteiger partial charge in [-0.3, -0.25) is 15.1 Å². The minimum Gasteiger partial charge on any atom is -0.370 e. The van der Waals surface area contributed by atoms with Crippen LogP contribution in [0.2, 0.25) is 0 Å². The van der Waals surface area contributed by atoms with Crippen molar-refractivity contribution in [3.05, 3.63) is 0 Å². The molecule has 9 nitrogen and oxygen atoms in total. The summed E-state index contributed by atoms with van der Waals surface area (Å²) in [4.78, 5) is 0. The molecule has 38 heavy (non-hydrogen) atoms. The Kier molecular flexibility index (Phi) is 12.2. The van der Waals surface area contributed by atoms with Gasteiger partial charge in [0.2, 0.25) is 0 Å². The SMILES string of the molecule is CCC1O[C@@H](O[C@@H]2C(CC)O[C@@H](C)C(N=[PH]=N)[C@H]2C)C(N=[PH]=N)C(C)[C@@H]1O[C@@H]1OC(CC)[C@@H](C)[C@H](C)C1C. The predicted molar refractivity (Wildman–Crippen MR) is 153 cm³/mol. The van der Waals surface area contributed by atoms with Crippen LogP contribution >= 0.6 is 16.3 Å². The van der Waals surface area contributed by atoms with Gasteiger partial charge in [-0.1, -0.05) is 55.4 Å². The van der Waals surface area contributed by atoms with E-state index in [1.54, 1.807) is 0 Å². The minimum absolute atomic E-state index is 0.00361. The van der Waals surface area contributed by atoms with Crippen molar-refractivity contribution in [2.24, 2.45) is 39.1 Å². The van der Waals surface area contributed by atoms with Crippen molar-refractivity contribution in [1.29, 1.82) is 10.3 Å². The molecular weight excluding hydrogens is 522 g/mol. The van der Waals surface area contributed by atoms with Crippen LogP contribution in [-0.2, 0) is 23.7 Å². The van der Waals surface area contributed by atoms with E-state index < -0.39 is 6.29 Å². The maximum atomic E-state index is 7.94. The first-order chi connectivity index (χ1) is 18.1. The molecule has 3 fully saturated rings. The van der Waals surface area contributed by atoms with E-state index in [2.05, 4.69) is 64.9 Å². The highest BCUT2D eigenvalue weighted by Crippen LogP contribution is 2.42. The average molecular weight is 575 g/mol. The summed E-state index contributed by atoms with van der Waals surface area (Å²) in [5, 5.41) is 15.6. The van der Waals surface area contributed by atoms with Crippen LogP contribution in [-0.4, -0.2) is 61.3 Å². The second kappa shape index (κ2) is 14.5. The molecule has 3 aliphatic heterocycles. The maximum absolute atomic E-state index is 7.94. The van der Waals surface area contributed by atoms with Crippen LogP contribution in [0.3, 0.4) is 0 Å². The lowest BCUT2D eigenvalue weighted by molar-refractivity contribution is -0.328. The molecule has 0 saturated carbocycles. The van der Waals surface area contributed by atoms with Crippen molar-refractivity contribution >= 4 is 16.3 Å². The third kappa shape index (κ3) is 6.73. The van der Waals surface area contributed by atoms with Gasteiger partial charge in [-0.25, -0.2) is 4.74 Å². The molecule has 0 aromatic carbocycles. The average Bonchev–Trinajstić information content (AvgIpc) is 2.91. The summed E-state index contributed by atoms with van der Waals surface area (Å²) in [6.07, 6.45) is 1.12. The van der Waals surface area contributed by atoms with Gasteiger partial charge in [-0.15, -0.1) is 0 Å². The van der Waals surface area contributed by atoms with Crippen molar-refractivity contribution in [3.8, 4) is 0 Å². The fraction of sp³-hybridized carbons (Fsp3) is 1.00. The number of ether oxygens (including phenoxy) is 5. The molecule has 0 amide bonds. The highest BCUT2D eigenvalue weighted by molar-refractivity contribution is 7.13. The molecule has 0 radical (unpaired) electrons. The van der Waals surface area contributed by atoms with E-state index in [0.29, 0.717) is 11.8 Å². The zero-order valence-electron chi connectivity index (χ0n) is 24.7. The standard InChI is InChI=1S/C27H52N4O5P2/c1-10-19-14(5)13(4)15(6)26(33-19)35-25-17(8)23(31-38-29)27(34-21(25)12-3)36-24-16(7)22(30-37-28)18(9)32-20(24)11-2/h13-29,37-38H,10-12H2,1-9H3/t13-,14-,15?,16+,17?,18-,19?,20?,21?,22?,23?,24-,25-,26-,27-/m0/s1. The Morgan fingerprint density at radius 3 is 1.61 bits per heavy atom. The molecule has 17 atom stereocenters. The zero-order valence-corrected chi connectivity index (χ0v) is 26.7. The van der Waals surface area contributed by atoms with Crippen molar-refractivity contribution in [2.75, 3.05) is 0 Å². The normalized spacial score (nSPS) is 48.2. The molecule has 2 N–H and O–H groups in total. The van der Waals surface area contributed by atoms with Gasteiger partial charge in [0.25, 0.3) is 0 Å². The summed E-state index contributed by atoms with van der Waals surface area (Å²) in [5.74, 6) is 1.33. The Morgan fingerprint density at radius 1 is 0.579 bits per heavy atom. The number of hydrogen-bond donors (Lipinski definition) is 2. The lowest BCUT2D eigenvalue weighted by atomic mass is 9.78. The fourth-order valence-electron chi connectivity index (χ4n) is 6.67. The Balaban J connectivity index is 1.84. The van der Waals surface area contributed by atoms with Crippen molar-refractivity contribution in [2.45, 2.75) is 143 Å². The van der Waals surface area contributed by atoms with Gasteiger partial charge >= 0.3 is 0 Å². The van der Waals surface area contributed by atoms with E-state index in [1.165, 1.54) is 0 Å². The van der Waals surface area contributed by atoms with Crippen LogP contribution < -0.4 is 0 Å². The third-order valence-corrected chi connectivity index (χ3v) is 10.4. The van der Waals surface area contributed by atoms with Gasteiger partial charge in [-0.05, 0) is 38.0 Å². The number of nitrogens with zero attached hydrogens (tertiary/aromatic N) is 2. The second-order valence-electron chi connectivity index (χ2n) is 11.7. The third-order valence-electron chi connectivity index (χ3n) is 9.51. The minimum atomic E-state index is -0.586. The van der Waals surface area contributed by atoms with Crippen LogP contribution in [0.4, 0.5) is 0 Å². The Hall–Kier alpha value is -0.400. The molecule has 220 valence electrons. The van der Waals surface area contributed by atoms with Crippen molar-refractivity contribution in [1.82, 2.24) is 0 Å². The second-order valence-corrected chi connectivity index (χ2v) is 12.6. The summed E-state index contributed by atoms with van der Waals surface area (Å²) >= 11 is 0. The lowest BCUT2D eigenvalue weighted by Gasteiger charge is -2.50. The summed E-state index contributed by atoms with van der Waals surface area (Å²) in [7, 11) is -0.554. The summed E-state index contributed by atoms with van der Waals surface area (Å²) in [5.41, 5.74) is 0. The monoisotopic (exact) mass is 574 g/mol. The smallest absolute Gasteiger partial charge is 0.181 e. The summed E-state index contributed by atoms with van der Waals surface area (Å²) in [6, 6.07) is -0.416.